The van der Waals surface area contributed by atoms with Gasteiger partial charge in [-0.25, -0.2) is 0 Å². The topological polar surface area (TPSA) is 88.1 Å². The Morgan fingerprint density at radius 3 is 2.61 bits per heavy atom. The second-order valence-electron chi connectivity index (χ2n) is 5.69. The molecule has 0 spiro atoms. The van der Waals surface area contributed by atoms with Crippen LogP contribution >= 0.6 is 11.8 Å². The minimum atomic E-state index is 0.413. The van der Waals surface area contributed by atoms with E-state index in [1.807, 2.05) is 36.4 Å². The van der Waals surface area contributed by atoms with Crippen LogP contribution in [0.25, 0.3) is 17.1 Å². The number of para-hydroxylation sites is 1. The summed E-state index contributed by atoms with van der Waals surface area (Å²) in [5.74, 6) is 2.23. The average Bonchev–Trinajstić information content (AvgIpc) is 3.42. The molecule has 0 fully saturated rings. The molecule has 0 N–H and O–H groups in total. The zero-order chi connectivity index (χ0) is 19.3. The lowest BCUT2D eigenvalue weighted by atomic mass is 10.2. The first-order valence-electron chi connectivity index (χ1n) is 8.42. The van der Waals surface area contributed by atoms with E-state index in [0.29, 0.717) is 28.4 Å². The molecule has 9 heteroatoms. The van der Waals surface area contributed by atoms with Crippen molar-refractivity contribution in [3.8, 4) is 28.6 Å². The van der Waals surface area contributed by atoms with Gasteiger partial charge in [-0.1, -0.05) is 30.0 Å². The first kappa shape index (κ1) is 18.1. The Bertz CT molecular complexity index is 1060. The maximum Gasteiger partial charge on any atom is 0.277 e. The van der Waals surface area contributed by atoms with Crippen LogP contribution in [0.1, 0.15) is 5.69 Å². The van der Waals surface area contributed by atoms with Crippen molar-refractivity contribution in [1.82, 2.24) is 25.2 Å². The van der Waals surface area contributed by atoms with Crippen LogP contribution in [0.15, 0.2) is 64.4 Å². The minimum absolute atomic E-state index is 0.413. The second-order valence-corrected chi connectivity index (χ2v) is 6.62. The highest BCUT2D eigenvalue weighted by Crippen LogP contribution is 2.32. The van der Waals surface area contributed by atoms with E-state index in [1.54, 1.807) is 37.3 Å². The van der Waals surface area contributed by atoms with Crippen molar-refractivity contribution in [1.29, 1.82) is 0 Å². The lowest BCUT2D eigenvalue weighted by molar-refractivity contribution is 0.355. The van der Waals surface area contributed by atoms with Gasteiger partial charge >= 0.3 is 0 Å². The summed E-state index contributed by atoms with van der Waals surface area (Å²) in [6.07, 6.45) is 1.73. The van der Waals surface area contributed by atoms with Gasteiger partial charge in [0.15, 0.2) is 11.5 Å². The van der Waals surface area contributed by atoms with Gasteiger partial charge in [0, 0.05) is 11.3 Å². The number of thioether (sulfide) groups is 1. The fourth-order valence-electron chi connectivity index (χ4n) is 2.54. The molecule has 8 nitrogen and oxygen atoms in total. The minimum Gasteiger partial charge on any atom is -0.493 e. The summed E-state index contributed by atoms with van der Waals surface area (Å²) in [6, 6.07) is 15.2. The summed E-state index contributed by atoms with van der Waals surface area (Å²) in [6.45, 7) is 0. The maximum atomic E-state index is 5.75. The average molecular weight is 395 g/mol. The molecule has 0 unspecified atom stereocenters. The summed E-state index contributed by atoms with van der Waals surface area (Å²) in [4.78, 5) is 1.60. The van der Waals surface area contributed by atoms with Crippen molar-refractivity contribution >= 4 is 11.8 Å². The van der Waals surface area contributed by atoms with Crippen LogP contribution in [0.4, 0.5) is 0 Å². The summed E-state index contributed by atoms with van der Waals surface area (Å²) in [7, 11) is 3.17. The molecule has 0 bridgehead atoms. The highest BCUT2D eigenvalue weighted by atomic mass is 32.2. The van der Waals surface area contributed by atoms with Gasteiger partial charge in [-0.3, -0.25) is 0 Å². The van der Waals surface area contributed by atoms with E-state index >= 15 is 0 Å². The Kier molecular flexibility index (Phi) is 5.24. The number of methoxy groups -OCH3 is 2. The van der Waals surface area contributed by atoms with Crippen molar-refractivity contribution in [3.05, 3.63) is 60.4 Å². The van der Waals surface area contributed by atoms with E-state index in [2.05, 4.69) is 20.4 Å². The lowest BCUT2D eigenvalue weighted by Crippen LogP contribution is -1.98. The van der Waals surface area contributed by atoms with Crippen molar-refractivity contribution in [3.63, 3.8) is 0 Å². The molecule has 0 saturated heterocycles. The molecule has 2 aromatic carbocycles. The Morgan fingerprint density at radius 1 is 1.00 bits per heavy atom. The highest BCUT2D eigenvalue weighted by Gasteiger charge is 2.13. The van der Waals surface area contributed by atoms with E-state index < -0.39 is 0 Å². The quantitative estimate of drug-likeness (QED) is 0.438. The first-order valence-corrected chi connectivity index (χ1v) is 9.40. The van der Waals surface area contributed by atoms with Gasteiger partial charge in [-0.05, 0) is 30.3 Å². The summed E-state index contributed by atoms with van der Waals surface area (Å²) in [5, 5.41) is 17.4. The van der Waals surface area contributed by atoms with E-state index in [1.165, 1.54) is 11.8 Å². The van der Waals surface area contributed by atoms with Crippen LogP contribution < -0.4 is 9.47 Å². The maximum absolute atomic E-state index is 5.75. The standard InChI is InChI=1S/C19H17N5O3S/c1-25-16-9-8-13(10-17(16)26-2)18-21-22-19(27-18)28-12-14-11-20-24(23-14)15-6-4-3-5-7-15/h3-11H,12H2,1-2H3. The van der Waals surface area contributed by atoms with E-state index in [0.717, 1.165) is 16.9 Å². The Morgan fingerprint density at radius 2 is 1.82 bits per heavy atom. The molecule has 4 rings (SSSR count). The number of ether oxygens (including phenoxy) is 2. The number of rotatable bonds is 7. The fourth-order valence-corrected chi connectivity index (χ4v) is 3.18. The van der Waals surface area contributed by atoms with E-state index in [4.69, 9.17) is 13.9 Å². The van der Waals surface area contributed by atoms with Crippen LogP contribution in [0.2, 0.25) is 0 Å². The molecule has 4 aromatic rings. The molecular weight excluding hydrogens is 378 g/mol. The molecule has 2 aromatic heterocycles. The SMILES string of the molecule is COc1ccc(-c2nnc(SCc3cnn(-c4ccccc4)n3)o2)cc1OC. The largest absolute Gasteiger partial charge is 0.493 e. The third-order valence-corrected chi connectivity index (χ3v) is 4.76. The van der Waals surface area contributed by atoms with Gasteiger partial charge in [-0.15, -0.1) is 10.2 Å². The van der Waals surface area contributed by atoms with E-state index in [9.17, 15) is 0 Å². The molecule has 0 atom stereocenters. The molecule has 0 aliphatic heterocycles. The van der Waals surface area contributed by atoms with Crippen LogP contribution in [0, 0.1) is 0 Å². The number of nitrogens with zero attached hydrogens (tertiary/aromatic N) is 5. The van der Waals surface area contributed by atoms with Crippen LogP contribution in [0.5, 0.6) is 11.5 Å². The molecule has 2 heterocycles. The van der Waals surface area contributed by atoms with Crippen molar-refractivity contribution in [2.45, 2.75) is 11.0 Å². The molecule has 0 radical (unpaired) electrons. The van der Waals surface area contributed by atoms with Crippen LogP contribution in [0.3, 0.4) is 0 Å². The van der Waals surface area contributed by atoms with Gasteiger partial charge in [0.05, 0.1) is 31.8 Å². The van der Waals surface area contributed by atoms with Gasteiger partial charge in [-0.2, -0.15) is 15.0 Å². The zero-order valence-electron chi connectivity index (χ0n) is 15.3. The van der Waals surface area contributed by atoms with Gasteiger partial charge in [0.2, 0.25) is 5.89 Å². The fraction of sp³-hybridized carbons (Fsp3) is 0.158. The lowest BCUT2D eigenvalue weighted by Gasteiger charge is -2.07. The molecule has 0 saturated carbocycles. The summed E-state index contributed by atoms with van der Waals surface area (Å²) >= 11 is 1.40. The Balaban J connectivity index is 1.44. The molecular formula is C19H17N5O3S. The second kappa shape index (κ2) is 8.13. The Labute approximate surface area is 165 Å². The number of aromatic nitrogens is 5. The zero-order valence-corrected chi connectivity index (χ0v) is 16.1. The highest BCUT2D eigenvalue weighted by molar-refractivity contribution is 7.98. The van der Waals surface area contributed by atoms with Gasteiger partial charge in [0.25, 0.3) is 5.22 Å². The van der Waals surface area contributed by atoms with Crippen molar-refractivity contribution in [2.75, 3.05) is 14.2 Å². The molecule has 142 valence electrons. The van der Waals surface area contributed by atoms with Gasteiger partial charge in [0.1, 0.15) is 0 Å². The van der Waals surface area contributed by atoms with Crippen molar-refractivity contribution < 1.29 is 13.9 Å². The number of hydrogen-bond donors (Lipinski definition) is 0. The Hall–Kier alpha value is -3.33. The molecule has 0 aliphatic carbocycles. The van der Waals surface area contributed by atoms with Crippen LogP contribution in [-0.2, 0) is 5.75 Å². The predicted octanol–water partition coefficient (Wildman–Crippen LogP) is 3.63. The third-order valence-electron chi connectivity index (χ3n) is 3.91. The monoisotopic (exact) mass is 395 g/mol. The third kappa shape index (κ3) is 3.84. The first-order chi connectivity index (χ1) is 13.8. The molecule has 0 amide bonds. The number of hydrogen-bond acceptors (Lipinski definition) is 8. The normalized spacial score (nSPS) is 10.8. The summed E-state index contributed by atoms with van der Waals surface area (Å²) in [5.41, 5.74) is 2.49. The molecule has 0 aliphatic rings. The molecule has 28 heavy (non-hydrogen) atoms. The van der Waals surface area contributed by atoms with Crippen LogP contribution in [-0.4, -0.2) is 39.4 Å². The summed E-state index contributed by atoms with van der Waals surface area (Å²) < 4.78 is 16.3. The van der Waals surface area contributed by atoms with E-state index in [-0.39, 0.29) is 0 Å². The number of benzene rings is 2. The van der Waals surface area contributed by atoms with Gasteiger partial charge < -0.3 is 13.9 Å². The predicted molar refractivity (Wildman–Crippen MR) is 104 cm³/mol. The van der Waals surface area contributed by atoms with Crippen molar-refractivity contribution in [2.24, 2.45) is 0 Å². The smallest absolute Gasteiger partial charge is 0.277 e.